The second kappa shape index (κ2) is 6.66. The van der Waals surface area contributed by atoms with Crippen LogP contribution in [0.1, 0.15) is 35.4 Å². The molecule has 2 aromatic rings. The fraction of sp³-hybridized carbons (Fsp3) is 0.444. The largest absolute Gasteiger partial charge is 0.416 e. The van der Waals surface area contributed by atoms with Gasteiger partial charge in [-0.25, -0.2) is 9.67 Å². The van der Waals surface area contributed by atoms with Gasteiger partial charge in [0, 0.05) is 18.8 Å². The molecule has 140 valence electrons. The number of guanidine groups is 1. The maximum absolute atomic E-state index is 13.6. The molecule has 1 aliphatic rings. The quantitative estimate of drug-likeness (QED) is 0.667. The summed E-state index contributed by atoms with van der Waals surface area (Å²) in [4.78, 5) is 5.97. The van der Waals surface area contributed by atoms with E-state index >= 15 is 0 Å². The molecule has 1 fully saturated rings. The van der Waals surface area contributed by atoms with Gasteiger partial charge in [-0.15, -0.1) is 0 Å². The molecule has 1 aliphatic carbocycles. The van der Waals surface area contributed by atoms with Crippen molar-refractivity contribution in [3.63, 3.8) is 0 Å². The third-order valence-electron chi connectivity index (χ3n) is 4.52. The van der Waals surface area contributed by atoms with Crippen molar-refractivity contribution in [3.8, 4) is 5.69 Å². The number of alkyl halides is 3. The zero-order valence-corrected chi connectivity index (χ0v) is 15.0. The van der Waals surface area contributed by atoms with Gasteiger partial charge < -0.3 is 10.6 Å². The normalized spacial score (nSPS) is 15.4. The maximum atomic E-state index is 13.6. The summed E-state index contributed by atoms with van der Waals surface area (Å²) in [6.45, 7) is 3.49. The van der Waals surface area contributed by atoms with Crippen molar-refractivity contribution in [1.82, 2.24) is 14.7 Å². The Bertz CT molecular complexity index is 834. The molecule has 1 heterocycles. The van der Waals surface area contributed by atoms with Crippen molar-refractivity contribution in [2.45, 2.75) is 45.5 Å². The summed E-state index contributed by atoms with van der Waals surface area (Å²) in [5.74, 6) is 0.267. The minimum atomic E-state index is -4.48. The number of nitrogens with two attached hydrogens (primary N) is 1. The monoisotopic (exact) mass is 365 g/mol. The van der Waals surface area contributed by atoms with Gasteiger partial charge in [0.25, 0.3) is 0 Å². The molecule has 1 aromatic carbocycles. The van der Waals surface area contributed by atoms with Crippen LogP contribution in [0, 0.1) is 13.8 Å². The van der Waals surface area contributed by atoms with Crippen LogP contribution in [-0.4, -0.2) is 33.7 Å². The average Bonchev–Trinajstić information content (AvgIpc) is 3.35. The van der Waals surface area contributed by atoms with Crippen molar-refractivity contribution in [1.29, 1.82) is 0 Å². The van der Waals surface area contributed by atoms with E-state index in [1.165, 1.54) is 10.7 Å². The number of hydrogen-bond acceptors (Lipinski definition) is 2. The summed E-state index contributed by atoms with van der Waals surface area (Å²) in [6, 6.07) is 6.36. The van der Waals surface area contributed by atoms with Crippen molar-refractivity contribution in [2.24, 2.45) is 10.7 Å². The lowest BCUT2D eigenvalue weighted by molar-refractivity contribution is -0.138. The van der Waals surface area contributed by atoms with Crippen LogP contribution < -0.4 is 5.73 Å². The highest BCUT2D eigenvalue weighted by Gasteiger charge is 2.34. The van der Waals surface area contributed by atoms with Crippen molar-refractivity contribution >= 4 is 5.96 Å². The standard InChI is InChI=1S/C18H22F3N5/c1-11-8-12(2)26(24-11)15-5-4-13(16(9-15)18(19,20)21)10-23-17(22)25(3)14-6-7-14/h4-5,8-9,14H,6-7,10H2,1-3H3,(H2,22,23). The third-order valence-corrected chi connectivity index (χ3v) is 4.52. The van der Waals surface area contributed by atoms with Crippen LogP contribution in [0.25, 0.3) is 5.69 Å². The first-order valence-corrected chi connectivity index (χ1v) is 8.43. The van der Waals surface area contributed by atoms with E-state index in [0.717, 1.165) is 30.3 Å². The fourth-order valence-corrected chi connectivity index (χ4v) is 2.91. The average molecular weight is 365 g/mol. The van der Waals surface area contributed by atoms with Gasteiger partial charge >= 0.3 is 6.18 Å². The molecular weight excluding hydrogens is 343 g/mol. The molecule has 0 bridgehead atoms. The van der Waals surface area contributed by atoms with Crippen LogP contribution >= 0.6 is 0 Å². The highest BCUT2D eigenvalue weighted by Crippen LogP contribution is 2.34. The molecule has 0 aliphatic heterocycles. The predicted octanol–water partition coefficient (Wildman–Crippen LogP) is 3.42. The van der Waals surface area contributed by atoms with Crippen LogP contribution in [0.3, 0.4) is 0 Å². The Balaban J connectivity index is 1.92. The van der Waals surface area contributed by atoms with Crippen molar-refractivity contribution in [3.05, 3.63) is 46.8 Å². The van der Waals surface area contributed by atoms with Gasteiger partial charge in [0.15, 0.2) is 5.96 Å². The summed E-state index contributed by atoms with van der Waals surface area (Å²) in [5.41, 5.74) is 7.17. The molecule has 1 saturated carbocycles. The molecule has 8 heteroatoms. The number of nitrogens with zero attached hydrogens (tertiary/aromatic N) is 4. The van der Waals surface area contributed by atoms with Gasteiger partial charge in [-0.2, -0.15) is 18.3 Å². The Morgan fingerprint density at radius 1 is 1.31 bits per heavy atom. The van der Waals surface area contributed by atoms with Crippen molar-refractivity contribution < 1.29 is 13.2 Å². The number of aliphatic imine (C=N–C) groups is 1. The summed E-state index contributed by atoms with van der Waals surface area (Å²) < 4.78 is 42.2. The van der Waals surface area contributed by atoms with E-state index in [1.54, 1.807) is 19.9 Å². The first-order valence-electron chi connectivity index (χ1n) is 8.43. The highest BCUT2D eigenvalue weighted by atomic mass is 19.4. The molecule has 0 radical (unpaired) electrons. The van der Waals surface area contributed by atoms with Gasteiger partial charge in [0.2, 0.25) is 0 Å². The summed E-state index contributed by atoms with van der Waals surface area (Å²) in [5, 5.41) is 4.25. The maximum Gasteiger partial charge on any atom is 0.416 e. The zero-order chi connectivity index (χ0) is 19.1. The SMILES string of the molecule is Cc1cc(C)n(-c2ccc(CN=C(N)N(C)C3CC3)c(C(F)(F)F)c2)n1. The molecule has 0 saturated heterocycles. The van der Waals surface area contributed by atoms with Crippen molar-refractivity contribution in [2.75, 3.05) is 7.05 Å². The molecule has 0 unspecified atom stereocenters. The van der Waals surface area contributed by atoms with E-state index in [-0.39, 0.29) is 18.1 Å². The Morgan fingerprint density at radius 3 is 2.54 bits per heavy atom. The smallest absolute Gasteiger partial charge is 0.370 e. The Labute approximate surface area is 150 Å². The molecule has 0 spiro atoms. The second-order valence-corrected chi connectivity index (χ2v) is 6.69. The first-order chi connectivity index (χ1) is 12.2. The van der Waals surface area contributed by atoms with Gasteiger partial charge in [-0.05, 0) is 50.5 Å². The van der Waals surface area contributed by atoms with E-state index in [0.29, 0.717) is 11.7 Å². The molecule has 3 rings (SSSR count). The van der Waals surface area contributed by atoms with Gasteiger partial charge in [-0.3, -0.25) is 0 Å². The van der Waals surface area contributed by atoms with E-state index in [9.17, 15) is 13.2 Å². The van der Waals surface area contributed by atoms with Crippen LogP contribution in [0.4, 0.5) is 13.2 Å². The minimum Gasteiger partial charge on any atom is -0.370 e. The number of hydrogen-bond donors (Lipinski definition) is 1. The molecule has 0 atom stereocenters. The predicted molar refractivity (Wildman–Crippen MR) is 94.2 cm³/mol. The van der Waals surface area contributed by atoms with E-state index < -0.39 is 11.7 Å². The van der Waals surface area contributed by atoms with Crippen LogP contribution in [0.15, 0.2) is 29.3 Å². The first kappa shape index (κ1) is 18.3. The molecule has 26 heavy (non-hydrogen) atoms. The highest BCUT2D eigenvalue weighted by molar-refractivity contribution is 5.78. The lowest BCUT2D eigenvalue weighted by Gasteiger charge is -2.18. The summed E-state index contributed by atoms with van der Waals surface area (Å²) in [7, 11) is 1.81. The molecular formula is C18H22F3N5. The van der Waals surface area contributed by atoms with Gasteiger partial charge in [-0.1, -0.05) is 6.07 Å². The number of rotatable bonds is 4. The molecule has 5 nitrogen and oxygen atoms in total. The Hall–Kier alpha value is -2.51. The number of benzene rings is 1. The topological polar surface area (TPSA) is 59.4 Å². The number of aryl methyl sites for hydroxylation is 2. The molecule has 2 N–H and O–H groups in total. The zero-order valence-electron chi connectivity index (χ0n) is 15.0. The summed E-state index contributed by atoms with van der Waals surface area (Å²) in [6.07, 6.45) is -2.40. The van der Waals surface area contributed by atoms with Crippen LogP contribution in [0.5, 0.6) is 0 Å². The van der Waals surface area contributed by atoms with Gasteiger partial charge in [0.05, 0.1) is 23.5 Å². The van der Waals surface area contributed by atoms with Crippen LogP contribution in [0.2, 0.25) is 0 Å². The molecule has 1 aromatic heterocycles. The fourth-order valence-electron chi connectivity index (χ4n) is 2.91. The van der Waals surface area contributed by atoms with E-state index in [2.05, 4.69) is 10.1 Å². The summed E-state index contributed by atoms with van der Waals surface area (Å²) >= 11 is 0. The molecule has 0 amide bonds. The second-order valence-electron chi connectivity index (χ2n) is 6.69. The number of halogens is 3. The third kappa shape index (κ3) is 3.84. The minimum absolute atomic E-state index is 0.0925. The lowest BCUT2D eigenvalue weighted by Crippen LogP contribution is -2.35. The van der Waals surface area contributed by atoms with Gasteiger partial charge in [0.1, 0.15) is 0 Å². The van der Waals surface area contributed by atoms with E-state index in [4.69, 9.17) is 5.73 Å². The Morgan fingerprint density at radius 2 is 2.00 bits per heavy atom. The van der Waals surface area contributed by atoms with E-state index in [1.807, 2.05) is 18.0 Å². The number of aromatic nitrogens is 2. The van der Waals surface area contributed by atoms with Crippen LogP contribution in [-0.2, 0) is 12.7 Å². The Kier molecular flexibility index (Phi) is 4.68. The lowest BCUT2D eigenvalue weighted by atomic mass is 10.1.